The molecule has 1 aromatic carbocycles. The standard InChI is InChI=1S/C20H22N8/c1-2-17-18(12-15(1)16-4-6-23-27-16)25-20(24-17)26-19-11-14(3-5-22-19)13-28-9-7-21-8-10-28/h1-6,11-12,21H,7-10,13H2,(H,23,27)(H2,22,24,25,26). The lowest BCUT2D eigenvalue weighted by atomic mass is 10.1. The fourth-order valence-electron chi connectivity index (χ4n) is 3.54. The average Bonchev–Trinajstić information content (AvgIpc) is 3.38. The van der Waals surface area contributed by atoms with Crippen molar-refractivity contribution in [2.75, 3.05) is 31.5 Å². The van der Waals surface area contributed by atoms with Crippen molar-refractivity contribution in [3.8, 4) is 11.3 Å². The molecule has 1 aliphatic heterocycles. The van der Waals surface area contributed by atoms with Crippen molar-refractivity contribution in [3.63, 3.8) is 0 Å². The molecule has 28 heavy (non-hydrogen) atoms. The van der Waals surface area contributed by atoms with Crippen LogP contribution in [0.15, 0.2) is 48.8 Å². The lowest BCUT2D eigenvalue weighted by Gasteiger charge is -2.27. The highest BCUT2D eigenvalue weighted by Gasteiger charge is 2.11. The third-order valence-corrected chi connectivity index (χ3v) is 4.98. The monoisotopic (exact) mass is 374 g/mol. The number of hydrogen-bond acceptors (Lipinski definition) is 6. The van der Waals surface area contributed by atoms with Gasteiger partial charge in [-0.1, -0.05) is 6.07 Å². The number of hydrogen-bond donors (Lipinski definition) is 4. The van der Waals surface area contributed by atoms with Gasteiger partial charge in [0.15, 0.2) is 0 Å². The molecule has 0 atom stereocenters. The Morgan fingerprint density at radius 3 is 2.82 bits per heavy atom. The maximum absolute atomic E-state index is 4.62. The fourth-order valence-corrected chi connectivity index (χ4v) is 3.54. The summed E-state index contributed by atoms with van der Waals surface area (Å²) in [5.41, 5.74) is 5.16. The molecule has 8 nitrogen and oxygen atoms in total. The minimum Gasteiger partial charge on any atom is -0.324 e. The van der Waals surface area contributed by atoms with Crippen LogP contribution in [0.5, 0.6) is 0 Å². The first-order chi connectivity index (χ1) is 13.8. The molecule has 1 fully saturated rings. The van der Waals surface area contributed by atoms with Crippen molar-refractivity contribution in [1.82, 2.24) is 35.4 Å². The molecule has 4 aromatic rings. The number of pyridine rings is 1. The van der Waals surface area contributed by atoms with Crippen LogP contribution >= 0.6 is 0 Å². The lowest BCUT2D eigenvalue weighted by Crippen LogP contribution is -2.42. The van der Waals surface area contributed by atoms with E-state index in [0.29, 0.717) is 5.95 Å². The second-order valence-corrected chi connectivity index (χ2v) is 6.99. The molecule has 4 N–H and O–H groups in total. The number of rotatable bonds is 5. The number of H-pyrrole nitrogens is 2. The minimum absolute atomic E-state index is 0.684. The highest BCUT2D eigenvalue weighted by atomic mass is 15.2. The summed E-state index contributed by atoms with van der Waals surface area (Å²) in [6, 6.07) is 12.2. The second-order valence-electron chi connectivity index (χ2n) is 6.99. The van der Waals surface area contributed by atoms with Gasteiger partial charge in [0.05, 0.1) is 16.7 Å². The Hall–Kier alpha value is -3.23. The van der Waals surface area contributed by atoms with E-state index in [1.165, 1.54) is 5.56 Å². The first-order valence-corrected chi connectivity index (χ1v) is 9.48. The summed E-state index contributed by atoms with van der Waals surface area (Å²) in [5.74, 6) is 1.48. The predicted octanol–water partition coefficient (Wildman–Crippen LogP) is 2.50. The molecule has 0 bridgehead atoms. The van der Waals surface area contributed by atoms with E-state index < -0.39 is 0 Å². The maximum atomic E-state index is 4.62. The SMILES string of the molecule is c1cc(-c2ccc3nc(Nc4cc(CN5CCNCC5)ccn4)[nH]c3c2)[nH]n1. The van der Waals surface area contributed by atoms with E-state index in [-0.39, 0.29) is 0 Å². The highest BCUT2D eigenvalue weighted by Crippen LogP contribution is 2.23. The van der Waals surface area contributed by atoms with Crippen LogP contribution in [0.2, 0.25) is 0 Å². The molecule has 1 aliphatic rings. The van der Waals surface area contributed by atoms with Gasteiger partial charge in [-0.2, -0.15) is 5.10 Å². The summed E-state index contributed by atoms with van der Waals surface area (Å²) in [5, 5.41) is 13.7. The van der Waals surface area contributed by atoms with Gasteiger partial charge in [0.1, 0.15) is 5.82 Å². The fraction of sp³-hybridized carbons (Fsp3) is 0.250. The molecule has 5 rings (SSSR count). The average molecular weight is 374 g/mol. The van der Waals surface area contributed by atoms with E-state index in [1.54, 1.807) is 6.20 Å². The van der Waals surface area contributed by atoms with Gasteiger partial charge in [-0.05, 0) is 35.9 Å². The zero-order valence-electron chi connectivity index (χ0n) is 15.4. The van der Waals surface area contributed by atoms with E-state index in [0.717, 1.165) is 60.8 Å². The van der Waals surface area contributed by atoms with Crippen molar-refractivity contribution < 1.29 is 0 Å². The van der Waals surface area contributed by atoms with Gasteiger partial charge >= 0.3 is 0 Å². The quantitative estimate of drug-likeness (QED) is 0.429. The topological polar surface area (TPSA) is 97.5 Å². The van der Waals surface area contributed by atoms with Crippen LogP contribution in [0.1, 0.15) is 5.56 Å². The van der Waals surface area contributed by atoms with Crippen molar-refractivity contribution in [2.24, 2.45) is 0 Å². The second kappa shape index (κ2) is 7.41. The lowest BCUT2D eigenvalue weighted by molar-refractivity contribution is 0.233. The Labute approximate surface area is 162 Å². The van der Waals surface area contributed by atoms with Crippen molar-refractivity contribution in [3.05, 3.63) is 54.4 Å². The van der Waals surface area contributed by atoms with Gasteiger partial charge in [-0.3, -0.25) is 10.00 Å². The molecule has 8 heteroatoms. The number of aromatic amines is 2. The van der Waals surface area contributed by atoms with Gasteiger partial charge in [0, 0.05) is 50.7 Å². The van der Waals surface area contributed by atoms with Crippen LogP contribution in [0.25, 0.3) is 22.3 Å². The van der Waals surface area contributed by atoms with Gasteiger partial charge in [-0.25, -0.2) is 9.97 Å². The summed E-state index contributed by atoms with van der Waals surface area (Å²) >= 11 is 0. The summed E-state index contributed by atoms with van der Waals surface area (Å²) < 4.78 is 0. The van der Waals surface area contributed by atoms with E-state index >= 15 is 0 Å². The molecular formula is C20H22N8. The number of aromatic nitrogens is 5. The van der Waals surface area contributed by atoms with Gasteiger partial charge in [0.25, 0.3) is 0 Å². The third kappa shape index (κ3) is 3.60. The molecule has 0 unspecified atom stereocenters. The first-order valence-electron chi connectivity index (χ1n) is 9.48. The van der Waals surface area contributed by atoms with Crippen molar-refractivity contribution in [2.45, 2.75) is 6.54 Å². The van der Waals surface area contributed by atoms with Gasteiger partial charge < -0.3 is 15.6 Å². The molecular weight excluding hydrogens is 352 g/mol. The molecule has 1 saturated heterocycles. The summed E-state index contributed by atoms with van der Waals surface area (Å²) in [6.45, 7) is 5.19. The smallest absolute Gasteiger partial charge is 0.206 e. The number of fused-ring (bicyclic) bond motifs is 1. The number of piperazine rings is 1. The van der Waals surface area contributed by atoms with Crippen LogP contribution in [0.4, 0.5) is 11.8 Å². The largest absolute Gasteiger partial charge is 0.324 e. The molecule has 3 aromatic heterocycles. The van der Waals surface area contributed by atoms with Gasteiger partial charge in [0.2, 0.25) is 5.95 Å². The highest BCUT2D eigenvalue weighted by molar-refractivity contribution is 5.83. The number of imidazole rings is 1. The Kier molecular flexibility index (Phi) is 4.48. The predicted molar refractivity (Wildman–Crippen MR) is 109 cm³/mol. The summed E-state index contributed by atoms with van der Waals surface area (Å²) in [7, 11) is 0. The Morgan fingerprint density at radius 1 is 1.04 bits per heavy atom. The maximum Gasteiger partial charge on any atom is 0.206 e. The molecule has 0 spiro atoms. The van der Waals surface area contributed by atoms with E-state index in [4.69, 9.17) is 0 Å². The van der Waals surface area contributed by atoms with Gasteiger partial charge in [-0.15, -0.1) is 0 Å². The van der Waals surface area contributed by atoms with Crippen molar-refractivity contribution in [1.29, 1.82) is 0 Å². The van der Waals surface area contributed by atoms with E-state index in [2.05, 4.69) is 58.9 Å². The number of benzene rings is 1. The molecule has 0 aliphatic carbocycles. The van der Waals surface area contributed by atoms with Crippen LogP contribution in [-0.2, 0) is 6.54 Å². The number of nitrogens with one attached hydrogen (secondary N) is 4. The number of anilines is 2. The zero-order chi connectivity index (χ0) is 18.8. The van der Waals surface area contributed by atoms with E-state index in [9.17, 15) is 0 Å². The van der Waals surface area contributed by atoms with Crippen LogP contribution in [-0.4, -0.2) is 56.2 Å². The van der Waals surface area contributed by atoms with Crippen molar-refractivity contribution >= 4 is 22.8 Å². The molecule has 0 saturated carbocycles. The Balaban J connectivity index is 1.34. The van der Waals surface area contributed by atoms with Crippen LogP contribution in [0, 0.1) is 0 Å². The molecule has 0 amide bonds. The third-order valence-electron chi connectivity index (χ3n) is 4.98. The molecule has 4 heterocycles. The zero-order valence-corrected chi connectivity index (χ0v) is 15.4. The summed E-state index contributed by atoms with van der Waals surface area (Å²) in [4.78, 5) is 14.8. The molecule has 142 valence electrons. The van der Waals surface area contributed by atoms with Crippen LogP contribution < -0.4 is 10.6 Å². The molecule has 0 radical (unpaired) electrons. The number of nitrogens with zero attached hydrogens (tertiary/aromatic N) is 4. The van der Waals surface area contributed by atoms with E-state index in [1.807, 2.05) is 24.4 Å². The van der Waals surface area contributed by atoms with Crippen LogP contribution in [0.3, 0.4) is 0 Å². The first kappa shape index (κ1) is 16.9. The normalized spacial score (nSPS) is 15.1. The summed E-state index contributed by atoms with van der Waals surface area (Å²) in [6.07, 6.45) is 3.59. The Morgan fingerprint density at radius 2 is 1.96 bits per heavy atom. The minimum atomic E-state index is 0.684. The Bertz CT molecular complexity index is 1060.